The van der Waals surface area contributed by atoms with E-state index in [-0.39, 0.29) is 5.82 Å². The molecule has 0 aliphatic heterocycles. The standard InChI is InChI=1S/C18H14ClFN4/c1-2-16-22-17(10-3-4-15-12(5-10)9-21-24-15)18(23-16)11-6-13(19)8-14(20)7-11/h3-9H,2H2,1H3,(H,21,24)(H,22,23). The number of H-pyrrole nitrogens is 2. The van der Waals surface area contributed by atoms with Crippen molar-refractivity contribution in [3.63, 3.8) is 0 Å². The Hall–Kier alpha value is -2.66. The predicted octanol–water partition coefficient (Wildman–Crippen LogP) is 4.97. The van der Waals surface area contributed by atoms with Gasteiger partial charge in [-0.25, -0.2) is 9.37 Å². The third kappa shape index (κ3) is 2.57. The SMILES string of the molecule is CCc1nc(-c2cc(F)cc(Cl)c2)c(-c2ccc3[nH]ncc3c2)[nH]1. The molecule has 0 fully saturated rings. The smallest absolute Gasteiger partial charge is 0.125 e. The van der Waals surface area contributed by atoms with Crippen LogP contribution >= 0.6 is 11.6 Å². The third-order valence-electron chi connectivity index (χ3n) is 3.95. The number of nitrogens with one attached hydrogen (secondary N) is 2. The highest BCUT2D eigenvalue weighted by Crippen LogP contribution is 2.33. The van der Waals surface area contributed by atoms with E-state index in [0.29, 0.717) is 16.3 Å². The number of nitrogens with zero attached hydrogens (tertiary/aromatic N) is 2. The van der Waals surface area contributed by atoms with Gasteiger partial charge in [-0.3, -0.25) is 5.10 Å². The first-order valence-electron chi connectivity index (χ1n) is 7.63. The summed E-state index contributed by atoms with van der Waals surface area (Å²) in [4.78, 5) is 7.96. The molecule has 0 atom stereocenters. The molecular weight excluding hydrogens is 327 g/mol. The van der Waals surface area contributed by atoms with Crippen molar-refractivity contribution in [2.45, 2.75) is 13.3 Å². The molecule has 4 nitrogen and oxygen atoms in total. The molecule has 0 amide bonds. The van der Waals surface area contributed by atoms with Crippen LogP contribution in [0.25, 0.3) is 33.4 Å². The number of hydrogen-bond acceptors (Lipinski definition) is 2. The lowest BCUT2D eigenvalue weighted by Crippen LogP contribution is -1.86. The molecule has 2 aromatic heterocycles. The predicted molar refractivity (Wildman–Crippen MR) is 93.5 cm³/mol. The molecule has 24 heavy (non-hydrogen) atoms. The van der Waals surface area contributed by atoms with Gasteiger partial charge in [0.15, 0.2) is 0 Å². The van der Waals surface area contributed by atoms with Gasteiger partial charge in [-0.2, -0.15) is 5.10 Å². The summed E-state index contributed by atoms with van der Waals surface area (Å²) in [5.41, 5.74) is 4.11. The van der Waals surface area contributed by atoms with Crippen molar-refractivity contribution in [3.05, 3.63) is 59.3 Å². The maximum absolute atomic E-state index is 13.8. The molecule has 2 N–H and O–H groups in total. The fraction of sp³-hybridized carbons (Fsp3) is 0.111. The fourth-order valence-electron chi connectivity index (χ4n) is 2.80. The molecule has 0 spiro atoms. The van der Waals surface area contributed by atoms with Crippen LogP contribution in [0.2, 0.25) is 5.02 Å². The minimum Gasteiger partial charge on any atom is -0.341 e. The Morgan fingerprint density at radius 2 is 2.00 bits per heavy atom. The Balaban J connectivity index is 1.92. The fourth-order valence-corrected chi connectivity index (χ4v) is 3.02. The summed E-state index contributed by atoms with van der Waals surface area (Å²) >= 11 is 6.01. The van der Waals surface area contributed by atoms with E-state index >= 15 is 0 Å². The number of aromatic amines is 2. The van der Waals surface area contributed by atoms with Gasteiger partial charge in [-0.05, 0) is 30.3 Å². The van der Waals surface area contributed by atoms with Crippen LogP contribution in [0.15, 0.2) is 42.6 Å². The average Bonchev–Trinajstić information content (AvgIpc) is 3.19. The van der Waals surface area contributed by atoms with Gasteiger partial charge in [0.1, 0.15) is 11.6 Å². The lowest BCUT2D eigenvalue weighted by molar-refractivity contribution is 0.628. The number of aromatic nitrogens is 4. The Morgan fingerprint density at radius 3 is 2.79 bits per heavy atom. The van der Waals surface area contributed by atoms with E-state index in [1.807, 2.05) is 25.1 Å². The molecule has 0 aliphatic rings. The van der Waals surface area contributed by atoms with Gasteiger partial charge in [0.2, 0.25) is 0 Å². The van der Waals surface area contributed by atoms with E-state index in [4.69, 9.17) is 11.6 Å². The summed E-state index contributed by atoms with van der Waals surface area (Å²) in [6, 6.07) is 10.4. The molecule has 4 rings (SSSR count). The van der Waals surface area contributed by atoms with Crippen molar-refractivity contribution >= 4 is 22.5 Å². The quantitative estimate of drug-likeness (QED) is 0.553. The van der Waals surface area contributed by atoms with E-state index < -0.39 is 0 Å². The Bertz CT molecular complexity index is 1010. The summed E-state index contributed by atoms with van der Waals surface area (Å²) in [5, 5.41) is 8.33. The molecule has 0 radical (unpaired) electrons. The maximum Gasteiger partial charge on any atom is 0.125 e. The van der Waals surface area contributed by atoms with Crippen LogP contribution in [0.5, 0.6) is 0 Å². The molecule has 0 saturated heterocycles. The van der Waals surface area contributed by atoms with Crippen LogP contribution in [0.3, 0.4) is 0 Å². The number of hydrogen-bond donors (Lipinski definition) is 2. The van der Waals surface area contributed by atoms with Gasteiger partial charge in [-0.1, -0.05) is 24.6 Å². The summed E-state index contributed by atoms with van der Waals surface area (Å²) in [5.74, 6) is 0.461. The number of benzene rings is 2. The second-order valence-electron chi connectivity index (χ2n) is 5.59. The van der Waals surface area contributed by atoms with Crippen molar-refractivity contribution < 1.29 is 4.39 Å². The summed E-state index contributed by atoms with van der Waals surface area (Å²) < 4.78 is 13.8. The van der Waals surface area contributed by atoms with Crippen molar-refractivity contribution in [2.75, 3.05) is 0 Å². The maximum atomic E-state index is 13.8. The van der Waals surface area contributed by atoms with Gasteiger partial charge in [0, 0.05) is 28.0 Å². The van der Waals surface area contributed by atoms with Crippen molar-refractivity contribution in [1.29, 1.82) is 0 Å². The molecule has 0 bridgehead atoms. The molecule has 6 heteroatoms. The van der Waals surface area contributed by atoms with E-state index in [1.165, 1.54) is 12.1 Å². The zero-order chi connectivity index (χ0) is 16.7. The number of imidazole rings is 1. The summed E-state index contributed by atoms with van der Waals surface area (Å²) in [6.45, 7) is 2.02. The lowest BCUT2D eigenvalue weighted by atomic mass is 10.0. The first kappa shape index (κ1) is 14.9. The second-order valence-corrected chi connectivity index (χ2v) is 6.03. The summed E-state index contributed by atoms with van der Waals surface area (Å²) in [7, 11) is 0. The van der Waals surface area contributed by atoms with Crippen molar-refractivity contribution in [1.82, 2.24) is 20.2 Å². The second kappa shape index (κ2) is 5.76. The van der Waals surface area contributed by atoms with Gasteiger partial charge < -0.3 is 4.98 Å². The highest BCUT2D eigenvalue weighted by Gasteiger charge is 2.15. The molecule has 2 aromatic carbocycles. The molecule has 0 aliphatic carbocycles. The van der Waals surface area contributed by atoms with Gasteiger partial charge >= 0.3 is 0 Å². The van der Waals surface area contributed by atoms with Gasteiger partial charge in [0.05, 0.1) is 23.1 Å². The molecule has 0 unspecified atom stereocenters. The Morgan fingerprint density at radius 1 is 1.12 bits per heavy atom. The number of halogens is 2. The van der Waals surface area contributed by atoms with Gasteiger partial charge in [0.25, 0.3) is 0 Å². The minimum atomic E-state index is -0.380. The zero-order valence-corrected chi connectivity index (χ0v) is 13.7. The minimum absolute atomic E-state index is 0.349. The highest BCUT2D eigenvalue weighted by atomic mass is 35.5. The first-order chi connectivity index (χ1) is 11.6. The first-order valence-corrected chi connectivity index (χ1v) is 8.00. The zero-order valence-electron chi connectivity index (χ0n) is 12.9. The molecule has 2 heterocycles. The lowest BCUT2D eigenvalue weighted by Gasteiger charge is -2.05. The van der Waals surface area contributed by atoms with Crippen LogP contribution in [-0.4, -0.2) is 20.2 Å². The molecule has 120 valence electrons. The third-order valence-corrected chi connectivity index (χ3v) is 4.17. The summed E-state index contributed by atoms with van der Waals surface area (Å²) in [6.07, 6.45) is 2.53. The van der Waals surface area contributed by atoms with Crippen LogP contribution in [-0.2, 0) is 6.42 Å². The van der Waals surface area contributed by atoms with Crippen molar-refractivity contribution in [2.24, 2.45) is 0 Å². The van der Waals surface area contributed by atoms with Gasteiger partial charge in [-0.15, -0.1) is 0 Å². The van der Waals surface area contributed by atoms with Crippen LogP contribution in [0.4, 0.5) is 4.39 Å². The number of fused-ring (bicyclic) bond motifs is 1. The van der Waals surface area contributed by atoms with Crippen LogP contribution in [0, 0.1) is 5.82 Å². The number of rotatable bonds is 3. The number of aryl methyl sites for hydroxylation is 1. The topological polar surface area (TPSA) is 57.4 Å². The van der Waals surface area contributed by atoms with E-state index in [0.717, 1.165) is 34.4 Å². The molecular formula is C18H14ClFN4. The Kier molecular flexibility index (Phi) is 3.58. The average molecular weight is 341 g/mol. The van der Waals surface area contributed by atoms with E-state index in [2.05, 4.69) is 20.2 Å². The van der Waals surface area contributed by atoms with Crippen molar-refractivity contribution in [3.8, 4) is 22.5 Å². The Labute approximate surface area is 142 Å². The molecule has 0 saturated carbocycles. The molecule has 4 aromatic rings. The van der Waals surface area contributed by atoms with Crippen LogP contribution in [0.1, 0.15) is 12.7 Å². The largest absolute Gasteiger partial charge is 0.341 e. The normalized spacial score (nSPS) is 11.3. The van der Waals surface area contributed by atoms with E-state index in [9.17, 15) is 4.39 Å². The van der Waals surface area contributed by atoms with Crippen LogP contribution < -0.4 is 0 Å². The van der Waals surface area contributed by atoms with E-state index in [1.54, 1.807) is 12.3 Å². The highest BCUT2D eigenvalue weighted by molar-refractivity contribution is 6.30. The monoisotopic (exact) mass is 340 g/mol.